The van der Waals surface area contributed by atoms with E-state index in [0.717, 1.165) is 16.7 Å². The van der Waals surface area contributed by atoms with Crippen molar-refractivity contribution in [2.75, 3.05) is 18.5 Å². The van der Waals surface area contributed by atoms with E-state index in [1.807, 2.05) is 50.3 Å². The van der Waals surface area contributed by atoms with Gasteiger partial charge in [0, 0.05) is 30.5 Å². The van der Waals surface area contributed by atoms with E-state index in [1.54, 1.807) is 18.3 Å². The van der Waals surface area contributed by atoms with E-state index in [1.165, 1.54) is 12.1 Å². The van der Waals surface area contributed by atoms with E-state index in [2.05, 4.69) is 10.3 Å². The number of nitrogens with one attached hydrogen (secondary N) is 2. The minimum absolute atomic E-state index is 0.113. The van der Waals surface area contributed by atoms with Crippen molar-refractivity contribution < 1.29 is 9.50 Å². The molecule has 0 fully saturated rings. The number of hydrogen-bond acceptors (Lipinski definition) is 4. The third-order valence-electron chi connectivity index (χ3n) is 4.12. The van der Waals surface area contributed by atoms with Gasteiger partial charge in [-0.3, -0.25) is 5.41 Å². The maximum Gasteiger partial charge on any atom is 0.126 e. The van der Waals surface area contributed by atoms with Gasteiger partial charge in [-0.05, 0) is 67.8 Å². The molecule has 146 valence electrons. The number of aliphatic hydroxyl groups is 1. The monoisotopic (exact) mass is 379 g/mol. The van der Waals surface area contributed by atoms with Gasteiger partial charge in [-0.1, -0.05) is 24.3 Å². The fourth-order valence-electron chi connectivity index (χ4n) is 2.70. The minimum Gasteiger partial charge on any atom is -0.396 e. The summed E-state index contributed by atoms with van der Waals surface area (Å²) in [4.78, 5) is 4.31. The maximum absolute atomic E-state index is 13.3. The lowest BCUT2D eigenvalue weighted by molar-refractivity contribution is 0.292. The number of hydrogen-bond donors (Lipinski definition) is 3. The van der Waals surface area contributed by atoms with E-state index in [4.69, 9.17) is 10.5 Å². The molecule has 0 unspecified atom stereocenters. The van der Waals surface area contributed by atoms with Gasteiger partial charge in [0.2, 0.25) is 0 Å². The molecule has 0 radical (unpaired) electrons. The minimum atomic E-state index is -0.328. The number of halogens is 1. The molecule has 0 aliphatic heterocycles. The zero-order chi connectivity index (χ0) is 20.4. The number of pyridine rings is 1. The van der Waals surface area contributed by atoms with Gasteiger partial charge in [-0.25, -0.2) is 9.37 Å². The van der Waals surface area contributed by atoms with Crippen molar-refractivity contribution in [1.29, 1.82) is 5.41 Å². The zero-order valence-corrected chi connectivity index (χ0v) is 16.2. The Kier molecular flexibility index (Phi) is 8.31. The van der Waals surface area contributed by atoms with Crippen LogP contribution in [0.5, 0.6) is 0 Å². The molecule has 0 saturated heterocycles. The van der Waals surface area contributed by atoms with Crippen molar-refractivity contribution in [2.24, 2.45) is 0 Å². The van der Waals surface area contributed by atoms with Crippen LogP contribution in [-0.2, 0) is 0 Å². The van der Waals surface area contributed by atoms with Gasteiger partial charge in [-0.15, -0.1) is 0 Å². The number of anilines is 1. The van der Waals surface area contributed by atoms with Crippen LogP contribution in [0.1, 0.15) is 31.4 Å². The number of benzene rings is 1. The normalized spacial score (nSPS) is 12.4. The molecule has 5 heteroatoms. The Hall–Kier alpha value is -3.05. The number of allylic oxidation sites excluding steroid dienone is 6. The molecule has 0 aliphatic carbocycles. The molecular weight excluding hydrogens is 353 g/mol. The summed E-state index contributed by atoms with van der Waals surface area (Å²) in [5.74, 6) is 0.353. The molecule has 1 heterocycles. The first kappa shape index (κ1) is 21.3. The number of aromatic nitrogens is 1. The van der Waals surface area contributed by atoms with Gasteiger partial charge in [0.15, 0.2) is 0 Å². The summed E-state index contributed by atoms with van der Waals surface area (Å²) < 4.78 is 13.3. The Morgan fingerprint density at radius 3 is 2.61 bits per heavy atom. The van der Waals surface area contributed by atoms with Crippen molar-refractivity contribution in [1.82, 2.24) is 4.98 Å². The molecule has 2 rings (SSSR count). The third-order valence-corrected chi connectivity index (χ3v) is 4.12. The fraction of sp³-hybridized carbons (Fsp3) is 0.217. The smallest absolute Gasteiger partial charge is 0.126 e. The van der Waals surface area contributed by atoms with Crippen LogP contribution >= 0.6 is 0 Å². The molecule has 0 aliphatic rings. The summed E-state index contributed by atoms with van der Waals surface area (Å²) in [5, 5.41) is 20.9. The molecular formula is C23H26FN3O. The highest BCUT2D eigenvalue weighted by atomic mass is 19.1. The highest BCUT2D eigenvalue weighted by Gasteiger charge is 2.14. The van der Waals surface area contributed by atoms with Crippen molar-refractivity contribution in [3.05, 3.63) is 89.4 Å². The van der Waals surface area contributed by atoms with Crippen molar-refractivity contribution in [3.63, 3.8) is 0 Å². The highest BCUT2D eigenvalue weighted by molar-refractivity contribution is 6.31. The number of nitrogens with zero attached hydrogens (tertiary/aromatic N) is 1. The second kappa shape index (κ2) is 10.9. The lowest BCUT2D eigenvalue weighted by atomic mass is 9.92. The van der Waals surface area contributed by atoms with Crippen LogP contribution in [0, 0.1) is 11.2 Å². The largest absolute Gasteiger partial charge is 0.396 e. The predicted octanol–water partition coefficient (Wildman–Crippen LogP) is 4.99. The molecule has 0 spiro atoms. The summed E-state index contributed by atoms with van der Waals surface area (Å²) in [6.07, 6.45) is 10.1. The van der Waals surface area contributed by atoms with E-state index >= 15 is 0 Å². The molecule has 4 nitrogen and oxygen atoms in total. The molecule has 28 heavy (non-hydrogen) atoms. The van der Waals surface area contributed by atoms with E-state index in [0.29, 0.717) is 30.1 Å². The quantitative estimate of drug-likeness (QED) is 0.327. The molecule has 0 amide bonds. The Balaban J connectivity index is 2.46. The molecule has 2 aromatic rings. The second-order valence-corrected chi connectivity index (χ2v) is 6.26. The molecule has 1 aromatic carbocycles. The summed E-state index contributed by atoms with van der Waals surface area (Å²) in [5.41, 5.74) is 3.47. The van der Waals surface area contributed by atoms with Crippen LogP contribution in [0.4, 0.5) is 10.2 Å². The topological polar surface area (TPSA) is 69.0 Å². The van der Waals surface area contributed by atoms with E-state index < -0.39 is 0 Å². The Morgan fingerprint density at radius 2 is 1.93 bits per heavy atom. The third kappa shape index (κ3) is 5.99. The van der Waals surface area contributed by atoms with Gasteiger partial charge < -0.3 is 10.4 Å². The predicted molar refractivity (Wildman–Crippen MR) is 114 cm³/mol. The van der Waals surface area contributed by atoms with Gasteiger partial charge in [0.1, 0.15) is 11.6 Å². The lowest BCUT2D eigenvalue weighted by Crippen LogP contribution is -2.08. The van der Waals surface area contributed by atoms with Gasteiger partial charge >= 0.3 is 0 Å². The van der Waals surface area contributed by atoms with Crippen LogP contribution < -0.4 is 5.32 Å². The number of rotatable bonds is 9. The summed E-state index contributed by atoms with van der Waals surface area (Å²) in [6, 6.07) is 9.70. The van der Waals surface area contributed by atoms with Crippen molar-refractivity contribution in [3.8, 4) is 0 Å². The number of aliphatic hydroxyl groups excluding tert-OH is 1. The molecule has 1 aromatic heterocycles. The lowest BCUT2D eigenvalue weighted by Gasteiger charge is -2.14. The first-order valence-corrected chi connectivity index (χ1v) is 9.23. The first-order chi connectivity index (χ1) is 13.6. The standard InChI is InChI=1S/C23H26FN3O/c1-3-4-5-7-17(2)22(23(25)18-8-10-20(24)11-9-18)19-12-14-27-21(16-19)26-13-6-15-28/h3-5,7-12,14,16,25,28H,6,13,15H2,1-2H3,(H,26,27)/b4-3-,7-5-,22-17+,25-23?. The first-order valence-electron chi connectivity index (χ1n) is 9.23. The molecule has 0 bridgehead atoms. The summed E-state index contributed by atoms with van der Waals surface area (Å²) in [7, 11) is 0. The Bertz CT molecular complexity index is 883. The van der Waals surface area contributed by atoms with Crippen LogP contribution in [-0.4, -0.2) is 29.0 Å². The average Bonchev–Trinajstić information content (AvgIpc) is 2.69. The van der Waals surface area contributed by atoms with E-state index in [9.17, 15) is 4.39 Å². The van der Waals surface area contributed by atoms with Crippen LogP contribution in [0.3, 0.4) is 0 Å². The van der Waals surface area contributed by atoms with Crippen LogP contribution in [0.15, 0.2) is 72.5 Å². The van der Waals surface area contributed by atoms with Gasteiger partial charge in [0.05, 0.1) is 5.71 Å². The summed E-state index contributed by atoms with van der Waals surface area (Å²) in [6.45, 7) is 4.62. The second-order valence-electron chi connectivity index (χ2n) is 6.26. The SMILES string of the molecule is C\C=C/C=C\C(C)=C(\C(=N)c1ccc(F)cc1)c1ccnc(NCCCO)c1. The fourth-order valence-corrected chi connectivity index (χ4v) is 2.70. The van der Waals surface area contributed by atoms with Crippen molar-refractivity contribution >= 4 is 17.1 Å². The Labute approximate surface area is 165 Å². The zero-order valence-electron chi connectivity index (χ0n) is 16.2. The molecule has 0 atom stereocenters. The van der Waals surface area contributed by atoms with Gasteiger partial charge in [-0.2, -0.15) is 0 Å². The highest BCUT2D eigenvalue weighted by Crippen LogP contribution is 2.26. The van der Waals surface area contributed by atoms with E-state index in [-0.39, 0.29) is 12.4 Å². The summed E-state index contributed by atoms with van der Waals surface area (Å²) >= 11 is 0. The van der Waals surface area contributed by atoms with Gasteiger partial charge in [0.25, 0.3) is 0 Å². The molecule has 0 saturated carbocycles. The van der Waals surface area contributed by atoms with Crippen LogP contribution in [0.2, 0.25) is 0 Å². The maximum atomic E-state index is 13.3. The molecule has 3 N–H and O–H groups in total. The Morgan fingerprint density at radius 1 is 1.18 bits per heavy atom. The van der Waals surface area contributed by atoms with Crippen molar-refractivity contribution in [2.45, 2.75) is 20.3 Å². The average molecular weight is 379 g/mol. The van der Waals surface area contributed by atoms with Crippen LogP contribution in [0.25, 0.3) is 5.57 Å².